The number of rotatable bonds is 8. The van der Waals surface area contributed by atoms with Crippen LogP contribution in [-0.4, -0.2) is 35.0 Å². The Hall–Kier alpha value is -0.740. The average Bonchev–Trinajstić information content (AvgIpc) is 2.36. The molecule has 0 aliphatic carbocycles. The van der Waals surface area contributed by atoms with Crippen LogP contribution < -0.4 is 0 Å². The van der Waals surface area contributed by atoms with Crippen molar-refractivity contribution in [2.45, 2.75) is 39.5 Å². The quantitative estimate of drug-likeness (QED) is 0.700. The molecule has 4 nitrogen and oxygen atoms in total. The third-order valence-electron chi connectivity index (χ3n) is 2.42. The lowest BCUT2D eigenvalue weighted by molar-refractivity contribution is -0.133. The van der Waals surface area contributed by atoms with Crippen molar-refractivity contribution in [2.24, 2.45) is 0 Å². The Balaban J connectivity index is 4.82. The van der Waals surface area contributed by atoms with E-state index in [-0.39, 0.29) is 0 Å². The number of carboxylic acids is 1. The first-order chi connectivity index (χ1) is 8.45. The van der Waals surface area contributed by atoms with E-state index in [2.05, 4.69) is 0 Å². The summed E-state index contributed by atoms with van der Waals surface area (Å²) in [5, 5.41) is 7.64. The van der Waals surface area contributed by atoms with Crippen LogP contribution in [0.1, 0.15) is 39.5 Å². The number of aliphatic carboxylic acids is 1. The molecule has 0 heterocycles. The molecule has 6 heteroatoms. The molecule has 104 valence electrons. The van der Waals surface area contributed by atoms with Crippen molar-refractivity contribution in [1.82, 2.24) is 4.90 Å². The van der Waals surface area contributed by atoms with Gasteiger partial charge in [-0.3, -0.25) is 4.79 Å². The van der Waals surface area contributed by atoms with Crippen LogP contribution in [0.25, 0.3) is 0 Å². The lowest BCUT2D eigenvalue weighted by atomic mass is 10.2. The Morgan fingerprint density at radius 2 is 1.44 bits per heavy atom. The summed E-state index contributed by atoms with van der Waals surface area (Å²) < 4.78 is 0. The van der Waals surface area contributed by atoms with Crippen molar-refractivity contribution in [1.29, 1.82) is 0 Å². The second-order valence-corrected chi connectivity index (χ2v) is 4.69. The van der Waals surface area contributed by atoms with Gasteiger partial charge >= 0.3 is 5.97 Å². The van der Waals surface area contributed by atoms with Crippen LogP contribution in [0, 0.1) is 0 Å². The molecule has 0 saturated carbocycles. The second kappa shape index (κ2) is 9.22. The summed E-state index contributed by atoms with van der Waals surface area (Å²) in [7, 11) is 0. The fourth-order valence-electron chi connectivity index (χ4n) is 1.34. The van der Waals surface area contributed by atoms with Crippen LogP contribution in [0.3, 0.4) is 0 Å². The van der Waals surface area contributed by atoms with Crippen LogP contribution in [-0.2, 0) is 9.59 Å². The molecule has 0 unspecified atom stereocenters. The fraction of sp³-hybridized carbons (Fsp3) is 0.667. The first-order valence-corrected chi connectivity index (χ1v) is 6.79. The molecule has 0 aliphatic heterocycles. The SMILES string of the molecule is CCCCN(CCCC)C(=O)C(Cl)=C(Cl)C(=O)O. The number of unbranched alkanes of at least 4 members (excludes halogenated alkanes) is 2. The molecule has 1 N–H and O–H groups in total. The Bertz CT molecular complexity index is 321. The Morgan fingerprint density at radius 1 is 1.00 bits per heavy atom. The minimum Gasteiger partial charge on any atom is -0.477 e. The Labute approximate surface area is 118 Å². The highest BCUT2D eigenvalue weighted by Crippen LogP contribution is 2.17. The standard InChI is InChI=1S/C12H19Cl2NO3/c1-3-5-7-15(8-6-4-2)11(16)9(13)10(14)12(17)18/h3-8H2,1-2H3,(H,17,18). The molecular weight excluding hydrogens is 277 g/mol. The van der Waals surface area contributed by atoms with Gasteiger partial charge in [-0.05, 0) is 12.8 Å². The molecule has 0 spiro atoms. The van der Waals surface area contributed by atoms with Gasteiger partial charge in [-0.25, -0.2) is 4.79 Å². The number of carbonyl (C=O) groups is 2. The molecule has 0 saturated heterocycles. The van der Waals surface area contributed by atoms with Crippen LogP contribution in [0.2, 0.25) is 0 Å². The maximum atomic E-state index is 12.0. The molecule has 0 aliphatic rings. The van der Waals surface area contributed by atoms with Crippen LogP contribution >= 0.6 is 23.2 Å². The molecule has 1 amide bonds. The van der Waals surface area contributed by atoms with Crippen LogP contribution in [0.15, 0.2) is 10.1 Å². The Morgan fingerprint density at radius 3 is 1.78 bits per heavy atom. The fourth-order valence-corrected chi connectivity index (χ4v) is 1.62. The van der Waals surface area contributed by atoms with Gasteiger partial charge in [-0.2, -0.15) is 0 Å². The van der Waals surface area contributed by atoms with Gasteiger partial charge in [0.2, 0.25) is 0 Å². The molecule has 0 atom stereocenters. The zero-order valence-electron chi connectivity index (χ0n) is 10.7. The van der Waals surface area contributed by atoms with E-state index in [9.17, 15) is 9.59 Å². The summed E-state index contributed by atoms with van der Waals surface area (Å²) in [5.41, 5.74) is 0. The highest BCUT2D eigenvalue weighted by Gasteiger charge is 2.22. The summed E-state index contributed by atoms with van der Waals surface area (Å²) >= 11 is 11.2. The van der Waals surface area contributed by atoms with E-state index >= 15 is 0 Å². The van der Waals surface area contributed by atoms with Gasteiger partial charge in [0.15, 0.2) is 0 Å². The van der Waals surface area contributed by atoms with Gasteiger partial charge in [0.05, 0.1) is 0 Å². The Kier molecular flexibility index (Phi) is 8.85. The number of amides is 1. The van der Waals surface area contributed by atoms with Gasteiger partial charge in [0, 0.05) is 13.1 Å². The minimum atomic E-state index is -1.39. The largest absolute Gasteiger partial charge is 0.477 e. The molecule has 0 bridgehead atoms. The first kappa shape index (κ1) is 17.3. The lowest BCUT2D eigenvalue weighted by Crippen LogP contribution is -2.33. The van der Waals surface area contributed by atoms with Crippen molar-refractivity contribution in [3.05, 3.63) is 10.1 Å². The van der Waals surface area contributed by atoms with Crippen molar-refractivity contribution in [3.63, 3.8) is 0 Å². The van der Waals surface area contributed by atoms with Crippen molar-refractivity contribution < 1.29 is 14.7 Å². The van der Waals surface area contributed by atoms with Crippen molar-refractivity contribution >= 4 is 35.1 Å². The number of hydrogen-bond acceptors (Lipinski definition) is 2. The molecule has 0 aromatic heterocycles. The van der Waals surface area contributed by atoms with Crippen LogP contribution in [0.4, 0.5) is 0 Å². The van der Waals surface area contributed by atoms with Gasteiger partial charge in [0.25, 0.3) is 5.91 Å². The van der Waals surface area contributed by atoms with Gasteiger partial charge in [-0.1, -0.05) is 49.9 Å². The third kappa shape index (κ3) is 5.74. The van der Waals surface area contributed by atoms with Crippen molar-refractivity contribution in [2.75, 3.05) is 13.1 Å². The van der Waals surface area contributed by atoms with E-state index in [1.54, 1.807) is 4.90 Å². The summed E-state index contributed by atoms with van der Waals surface area (Å²) in [6.45, 7) is 5.17. The number of nitrogens with zero attached hydrogens (tertiary/aromatic N) is 1. The molecule has 0 aromatic rings. The molecule has 0 fully saturated rings. The predicted molar refractivity (Wildman–Crippen MR) is 72.8 cm³/mol. The predicted octanol–water partition coefficient (Wildman–Crippen LogP) is 3.19. The second-order valence-electron chi connectivity index (χ2n) is 3.93. The number of carbonyl (C=O) groups excluding carboxylic acids is 1. The van der Waals surface area contributed by atoms with E-state index in [1.165, 1.54) is 0 Å². The summed E-state index contributed by atoms with van der Waals surface area (Å²) in [6, 6.07) is 0. The number of halogens is 2. The smallest absolute Gasteiger partial charge is 0.349 e. The van der Waals surface area contributed by atoms with E-state index < -0.39 is 21.9 Å². The minimum absolute atomic E-state index is 0.420. The summed E-state index contributed by atoms with van der Waals surface area (Å²) in [5.74, 6) is -1.90. The van der Waals surface area contributed by atoms with Crippen molar-refractivity contribution in [3.8, 4) is 0 Å². The van der Waals surface area contributed by atoms with Crippen LogP contribution in [0.5, 0.6) is 0 Å². The lowest BCUT2D eigenvalue weighted by Gasteiger charge is -2.22. The number of hydrogen-bond donors (Lipinski definition) is 1. The maximum Gasteiger partial charge on any atom is 0.349 e. The topological polar surface area (TPSA) is 57.6 Å². The molecule has 0 rings (SSSR count). The zero-order chi connectivity index (χ0) is 14.1. The summed E-state index contributed by atoms with van der Waals surface area (Å²) in [6.07, 6.45) is 3.60. The van der Waals surface area contributed by atoms with Gasteiger partial charge in [-0.15, -0.1) is 0 Å². The third-order valence-corrected chi connectivity index (χ3v) is 3.22. The number of carboxylic acid groups (broad SMARTS) is 1. The molecular formula is C12H19Cl2NO3. The highest BCUT2D eigenvalue weighted by atomic mass is 35.5. The normalized spacial score (nSPS) is 12.0. The zero-order valence-corrected chi connectivity index (χ0v) is 12.2. The molecule has 0 aromatic carbocycles. The molecule has 0 radical (unpaired) electrons. The monoisotopic (exact) mass is 295 g/mol. The first-order valence-electron chi connectivity index (χ1n) is 6.03. The van der Waals surface area contributed by atoms with E-state index in [1.807, 2.05) is 13.8 Å². The maximum absolute atomic E-state index is 12.0. The highest BCUT2D eigenvalue weighted by molar-refractivity contribution is 6.53. The van der Waals surface area contributed by atoms with Gasteiger partial charge in [0.1, 0.15) is 10.1 Å². The van der Waals surface area contributed by atoms with Gasteiger partial charge < -0.3 is 10.0 Å². The summed E-state index contributed by atoms with van der Waals surface area (Å²) in [4.78, 5) is 24.2. The molecule has 18 heavy (non-hydrogen) atoms. The van der Waals surface area contributed by atoms with E-state index in [4.69, 9.17) is 28.3 Å². The van der Waals surface area contributed by atoms with E-state index in [0.717, 1.165) is 25.7 Å². The van der Waals surface area contributed by atoms with E-state index in [0.29, 0.717) is 13.1 Å². The average molecular weight is 296 g/mol.